The van der Waals surface area contributed by atoms with Gasteiger partial charge in [-0.2, -0.15) is 13.2 Å². The molecule has 2 rings (SSSR count). The van der Waals surface area contributed by atoms with E-state index in [4.69, 9.17) is 0 Å². The van der Waals surface area contributed by atoms with Crippen LogP contribution < -0.4 is 0 Å². The summed E-state index contributed by atoms with van der Waals surface area (Å²) in [6.45, 7) is 0. The number of hydrogen-bond acceptors (Lipinski definition) is 2. The van der Waals surface area contributed by atoms with Gasteiger partial charge in [-0.3, -0.25) is 4.79 Å². The minimum absolute atomic E-state index is 0.0278. The van der Waals surface area contributed by atoms with Gasteiger partial charge in [0, 0.05) is 5.56 Å². The minimum Gasteiger partial charge on any atom is -0.507 e. The highest BCUT2D eigenvalue weighted by Gasteiger charge is 2.34. The molecule has 0 aliphatic rings. The number of phenols is 1. The van der Waals surface area contributed by atoms with E-state index in [2.05, 4.69) is 0 Å². The lowest BCUT2D eigenvalue weighted by Gasteiger charge is -2.11. The van der Waals surface area contributed by atoms with Crippen molar-refractivity contribution in [3.05, 3.63) is 53.3 Å². The number of alkyl halides is 3. The molecule has 0 bridgehead atoms. The summed E-state index contributed by atoms with van der Waals surface area (Å²) in [5, 5.41) is 9.80. The molecule has 0 spiro atoms. The van der Waals surface area contributed by atoms with Crippen molar-refractivity contribution in [1.29, 1.82) is 0 Å². The number of benzene rings is 2. The second-order valence-corrected chi connectivity index (χ2v) is 4.05. The number of halogens is 4. The van der Waals surface area contributed by atoms with Gasteiger partial charge in [-0.15, -0.1) is 0 Å². The highest BCUT2D eigenvalue weighted by atomic mass is 19.4. The first kappa shape index (κ1) is 14.0. The van der Waals surface area contributed by atoms with Crippen LogP contribution in [0.3, 0.4) is 0 Å². The number of hydrogen-bond donors (Lipinski definition) is 1. The van der Waals surface area contributed by atoms with Crippen molar-refractivity contribution in [1.82, 2.24) is 0 Å². The molecule has 20 heavy (non-hydrogen) atoms. The summed E-state index contributed by atoms with van der Waals surface area (Å²) in [7, 11) is 0. The number of carbonyl (C=O) groups excluding carboxylic acids is 1. The molecule has 104 valence electrons. The lowest BCUT2D eigenvalue weighted by atomic mass is 9.99. The van der Waals surface area contributed by atoms with Gasteiger partial charge < -0.3 is 5.11 Å². The van der Waals surface area contributed by atoms with Crippen molar-refractivity contribution in [2.24, 2.45) is 0 Å². The smallest absolute Gasteiger partial charge is 0.419 e. The van der Waals surface area contributed by atoms with Crippen molar-refractivity contribution in [2.45, 2.75) is 6.18 Å². The maximum atomic E-state index is 13.2. The standard InChI is InChI=1S/C14H8F4O2/c15-12-5-4-8(6-11(12)14(16,17)18)10-3-1-2-9(7-19)13(10)20/h1-7,20H. The van der Waals surface area contributed by atoms with Gasteiger partial charge in [0.2, 0.25) is 0 Å². The van der Waals surface area contributed by atoms with Crippen LogP contribution in [0.25, 0.3) is 11.1 Å². The lowest BCUT2D eigenvalue weighted by Crippen LogP contribution is -2.08. The largest absolute Gasteiger partial charge is 0.507 e. The van der Waals surface area contributed by atoms with Crippen LogP contribution in [0.1, 0.15) is 15.9 Å². The second-order valence-electron chi connectivity index (χ2n) is 4.05. The van der Waals surface area contributed by atoms with E-state index < -0.39 is 23.3 Å². The number of phenolic OH excluding ortho intramolecular Hbond substituents is 1. The van der Waals surface area contributed by atoms with E-state index in [0.29, 0.717) is 18.4 Å². The van der Waals surface area contributed by atoms with Crippen LogP contribution in [0.5, 0.6) is 5.75 Å². The van der Waals surface area contributed by atoms with Crippen molar-refractivity contribution in [3.63, 3.8) is 0 Å². The van der Waals surface area contributed by atoms with E-state index in [-0.39, 0.29) is 16.7 Å². The van der Waals surface area contributed by atoms with Crippen LogP contribution in [0.2, 0.25) is 0 Å². The Labute approximate surface area is 111 Å². The summed E-state index contributed by atoms with van der Waals surface area (Å²) in [6, 6.07) is 6.45. The van der Waals surface area contributed by atoms with E-state index in [1.165, 1.54) is 18.2 Å². The highest BCUT2D eigenvalue weighted by molar-refractivity contribution is 5.85. The van der Waals surface area contributed by atoms with Crippen LogP contribution in [0.15, 0.2) is 36.4 Å². The molecule has 2 nitrogen and oxygen atoms in total. The SMILES string of the molecule is O=Cc1cccc(-c2ccc(F)c(C(F)(F)F)c2)c1O. The maximum Gasteiger partial charge on any atom is 0.419 e. The molecule has 6 heteroatoms. The molecule has 0 aliphatic heterocycles. The van der Waals surface area contributed by atoms with Gasteiger partial charge in [-0.05, 0) is 23.8 Å². The first-order valence-corrected chi connectivity index (χ1v) is 5.49. The van der Waals surface area contributed by atoms with Gasteiger partial charge in [0.1, 0.15) is 11.6 Å². The van der Waals surface area contributed by atoms with E-state index in [9.17, 15) is 27.5 Å². The van der Waals surface area contributed by atoms with Gasteiger partial charge in [0.25, 0.3) is 0 Å². The zero-order chi connectivity index (χ0) is 14.9. The number of carbonyl (C=O) groups is 1. The van der Waals surface area contributed by atoms with Gasteiger partial charge in [0.15, 0.2) is 6.29 Å². The second kappa shape index (κ2) is 4.96. The summed E-state index contributed by atoms with van der Waals surface area (Å²) in [4.78, 5) is 10.7. The summed E-state index contributed by atoms with van der Waals surface area (Å²) in [5.41, 5.74) is -1.48. The zero-order valence-corrected chi connectivity index (χ0v) is 9.91. The van der Waals surface area contributed by atoms with Crippen LogP contribution in [0, 0.1) is 5.82 Å². The lowest BCUT2D eigenvalue weighted by molar-refractivity contribution is -0.139. The predicted octanol–water partition coefficient (Wildman–Crippen LogP) is 4.03. The number of aldehydes is 1. The molecule has 2 aromatic rings. The fraction of sp³-hybridized carbons (Fsp3) is 0.0714. The van der Waals surface area contributed by atoms with Gasteiger partial charge in [-0.1, -0.05) is 18.2 Å². The van der Waals surface area contributed by atoms with Gasteiger partial charge in [0.05, 0.1) is 11.1 Å². The molecule has 2 aromatic carbocycles. The third-order valence-corrected chi connectivity index (χ3v) is 2.78. The summed E-state index contributed by atoms with van der Waals surface area (Å²) < 4.78 is 51.1. The Morgan fingerprint density at radius 3 is 2.40 bits per heavy atom. The van der Waals surface area contributed by atoms with Crippen molar-refractivity contribution in [2.75, 3.05) is 0 Å². The Morgan fingerprint density at radius 1 is 1.10 bits per heavy atom. The molecule has 0 fully saturated rings. The van der Waals surface area contributed by atoms with E-state index in [1.54, 1.807) is 0 Å². The van der Waals surface area contributed by atoms with Crippen LogP contribution in [-0.2, 0) is 6.18 Å². The maximum absolute atomic E-state index is 13.2. The van der Waals surface area contributed by atoms with Gasteiger partial charge >= 0.3 is 6.18 Å². The first-order chi connectivity index (χ1) is 9.34. The van der Waals surface area contributed by atoms with Crippen molar-refractivity contribution >= 4 is 6.29 Å². The van der Waals surface area contributed by atoms with Crippen molar-refractivity contribution < 1.29 is 27.5 Å². The fourth-order valence-electron chi connectivity index (χ4n) is 1.80. The molecule has 0 radical (unpaired) electrons. The molecule has 0 aromatic heterocycles. The molecule has 0 unspecified atom stereocenters. The molecule has 0 saturated carbocycles. The molecule has 1 N–H and O–H groups in total. The average molecular weight is 284 g/mol. The van der Waals surface area contributed by atoms with Crippen LogP contribution >= 0.6 is 0 Å². The monoisotopic (exact) mass is 284 g/mol. The minimum atomic E-state index is -4.84. The number of para-hydroxylation sites is 1. The Balaban J connectivity index is 2.63. The predicted molar refractivity (Wildman–Crippen MR) is 63.9 cm³/mol. The van der Waals surface area contributed by atoms with Crippen LogP contribution in [0.4, 0.5) is 17.6 Å². The Bertz CT molecular complexity index is 663. The normalized spacial score (nSPS) is 11.4. The van der Waals surface area contributed by atoms with E-state index in [1.807, 2.05) is 0 Å². The third kappa shape index (κ3) is 2.49. The van der Waals surface area contributed by atoms with E-state index in [0.717, 1.165) is 6.07 Å². The van der Waals surface area contributed by atoms with Crippen molar-refractivity contribution in [3.8, 4) is 16.9 Å². The highest BCUT2D eigenvalue weighted by Crippen LogP contribution is 2.37. The Morgan fingerprint density at radius 2 is 1.80 bits per heavy atom. The molecule has 0 heterocycles. The topological polar surface area (TPSA) is 37.3 Å². The molecule has 0 amide bonds. The summed E-state index contributed by atoms with van der Waals surface area (Å²) in [5.74, 6) is -1.84. The zero-order valence-electron chi connectivity index (χ0n) is 9.91. The molecule has 0 saturated heterocycles. The number of rotatable bonds is 2. The van der Waals surface area contributed by atoms with E-state index >= 15 is 0 Å². The Hall–Kier alpha value is -2.37. The summed E-state index contributed by atoms with van der Waals surface area (Å²) in [6.07, 6.45) is -4.45. The first-order valence-electron chi connectivity index (χ1n) is 5.49. The number of aromatic hydroxyl groups is 1. The fourth-order valence-corrected chi connectivity index (χ4v) is 1.80. The quantitative estimate of drug-likeness (QED) is 0.667. The molecular weight excluding hydrogens is 276 g/mol. The summed E-state index contributed by atoms with van der Waals surface area (Å²) >= 11 is 0. The molecule has 0 aliphatic carbocycles. The molecular formula is C14H8F4O2. The third-order valence-electron chi connectivity index (χ3n) is 2.78. The Kier molecular flexibility index (Phi) is 3.48. The average Bonchev–Trinajstić information content (AvgIpc) is 2.38. The molecule has 0 atom stereocenters. The van der Waals surface area contributed by atoms with Crippen LogP contribution in [-0.4, -0.2) is 11.4 Å². The van der Waals surface area contributed by atoms with Gasteiger partial charge in [-0.25, -0.2) is 4.39 Å².